The Balaban J connectivity index is 1.68. The van der Waals surface area contributed by atoms with E-state index in [1.165, 1.54) is 50.5 Å². The van der Waals surface area contributed by atoms with Gasteiger partial charge in [-0.25, -0.2) is 0 Å². The van der Waals surface area contributed by atoms with Crippen LogP contribution in [-0.2, 0) is 63.3 Å². The fourth-order valence-electron chi connectivity index (χ4n) is 5.14. The number of ether oxygens (including phenoxy) is 12. The van der Waals surface area contributed by atoms with E-state index in [0.29, 0.717) is 145 Å². The average molecular weight is 803 g/mol. The number of aryl methyl sites for hydroxylation is 1. The zero-order chi connectivity index (χ0) is 40.1. The van der Waals surface area contributed by atoms with Gasteiger partial charge in [-0.15, -0.1) is 0 Å². The quantitative estimate of drug-likeness (QED) is 0.0516. The van der Waals surface area contributed by atoms with Gasteiger partial charge in [-0.3, -0.25) is 4.79 Å². The number of hydrogen-bond donors (Lipinski definition) is 0. The Morgan fingerprint density at radius 3 is 1.09 bits per heavy atom. The van der Waals surface area contributed by atoms with E-state index >= 15 is 0 Å². The molecule has 0 saturated heterocycles. The molecule has 0 aliphatic rings. The molecule has 0 spiro atoms. The predicted octanol–water partition coefficient (Wildman–Crippen LogP) is 6.65. The molecule has 0 bridgehead atoms. The molecule has 56 heavy (non-hydrogen) atoms. The molecular formula is C43H78O13. The van der Waals surface area contributed by atoms with Gasteiger partial charge < -0.3 is 56.8 Å². The normalized spacial score (nSPS) is 11.4. The smallest absolute Gasteiger partial charge is 0.305 e. The molecule has 0 amide bonds. The molecule has 13 nitrogen and oxygen atoms in total. The van der Waals surface area contributed by atoms with Gasteiger partial charge in [-0.2, -0.15) is 0 Å². The number of unbranched alkanes of at least 4 members (excludes halogenated alkanes) is 8. The highest BCUT2D eigenvalue weighted by molar-refractivity contribution is 5.69. The van der Waals surface area contributed by atoms with Gasteiger partial charge in [0.05, 0.1) is 132 Å². The van der Waals surface area contributed by atoms with Crippen molar-refractivity contribution in [2.24, 2.45) is 0 Å². The van der Waals surface area contributed by atoms with Crippen molar-refractivity contribution >= 4 is 5.97 Å². The van der Waals surface area contributed by atoms with E-state index < -0.39 is 0 Å². The van der Waals surface area contributed by atoms with Crippen molar-refractivity contribution in [3.63, 3.8) is 0 Å². The maximum atomic E-state index is 11.5. The van der Waals surface area contributed by atoms with Crippen LogP contribution in [-0.4, -0.2) is 151 Å². The van der Waals surface area contributed by atoms with E-state index in [2.05, 4.69) is 38.1 Å². The zero-order valence-electron chi connectivity index (χ0n) is 35.2. The largest absolute Gasteiger partial charge is 0.491 e. The minimum absolute atomic E-state index is 0.159. The standard InChI is InChI=1S/C43H78O13/c1-3-5-7-8-9-10-12-13-41-15-17-42(18-16-41)55-39-37-53-35-33-51-31-29-49-27-25-47-23-21-45-19-20-46-22-24-48-26-28-50-30-32-52-34-36-54-38-40-56-43(44)14-11-6-4-2/h15-18H,3-14,19-40H2,1-2H3. The lowest BCUT2D eigenvalue weighted by Gasteiger charge is -2.09. The summed E-state index contributed by atoms with van der Waals surface area (Å²) in [5.74, 6) is 0.725. The van der Waals surface area contributed by atoms with E-state index in [1.807, 2.05) is 0 Å². The summed E-state index contributed by atoms with van der Waals surface area (Å²) in [6.07, 6.45) is 14.0. The molecule has 1 aromatic carbocycles. The molecule has 0 aliphatic carbocycles. The molecule has 13 heteroatoms. The van der Waals surface area contributed by atoms with Crippen molar-refractivity contribution in [2.75, 3.05) is 145 Å². The predicted molar refractivity (Wildman–Crippen MR) is 217 cm³/mol. The number of carbonyl (C=O) groups is 1. The third-order valence-electron chi connectivity index (χ3n) is 8.31. The van der Waals surface area contributed by atoms with Crippen LogP contribution in [0.4, 0.5) is 0 Å². The first-order chi connectivity index (χ1) is 27.8. The summed E-state index contributed by atoms with van der Waals surface area (Å²) in [7, 11) is 0. The summed E-state index contributed by atoms with van der Waals surface area (Å²) in [6, 6.07) is 8.45. The van der Waals surface area contributed by atoms with Crippen LogP contribution >= 0.6 is 0 Å². The van der Waals surface area contributed by atoms with Gasteiger partial charge >= 0.3 is 5.97 Å². The van der Waals surface area contributed by atoms with Crippen molar-refractivity contribution < 1.29 is 61.6 Å². The molecule has 0 fully saturated rings. The highest BCUT2D eigenvalue weighted by Gasteiger charge is 2.02. The Kier molecular flexibility index (Phi) is 41.1. The molecule has 1 rings (SSSR count). The van der Waals surface area contributed by atoms with Crippen LogP contribution in [0.25, 0.3) is 0 Å². The van der Waals surface area contributed by atoms with E-state index in [9.17, 15) is 4.79 Å². The molecule has 0 unspecified atom stereocenters. The third-order valence-corrected chi connectivity index (χ3v) is 8.31. The number of carbonyl (C=O) groups excluding carboxylic acids is 1. The van der Waals surface area contributed by atoms with Crippen LogP contribution in [0.5, 0.6) is 5.75 Å². The van der Waals surface area contributed by atoms with Crippen LogP contribution in [0.3, 0.4) is 0 Å². The van der Waals surface area contributed by atoms with Gasteiger partial charge in [0.25, 0.3) is 0 Å². The Morgan fingerprint density at radius 2 is 0.696 bits per heavy atom. The van der Waals surface area contributed by atoms with Gasteiger partial charge in [-0.1, -0.05) is 77.3 Å². The Morgan fingerprint density at radius 1 is 0.375 bits per heavy atom. The summed E-state index contributed by atoms with van der Waals surface area (Å²) in [4.78, 5) is 11.5. The lowest BCUT2D eigenvalue weighted by molar-refractivity contribution is -0.145. The summed E-state index contributed by atoms with van der Waals surface area (Å²) >= 11 is 0. The molecule has 1 aromatic rings. The zero-order valence-corrected chi connectivity index (χ0v) is 35.2. The van der Waals surface area contributed by atoms with Crippen molar-refractivity contribution in [3.05, 3.63) is 29.8 Å². The first kappa shape index (κ1) is 52.1. The monoisotopic (exact) mass is 803 g/mol. The van der Waals surface area contributed by atoms with Crippen molar-refractivity contribution in [1.82, 2.24) is 0 Å². The topological polar surface area (TPSA) is 128 Å². The van der Waals surface area contributed by atoms with Gasteiger partial charge in [0.1, 0.15) is 19.0 Å². The minimum atomic E-state index is -0.159. The molecule has 0 radical (unpaired) electrons. The minimum Gasteiger partial charge on any atom is -0.491 e. The second kappa shape index (κ2) is 44.2. The van der Waals surface area contributed by atoms with Crippen LogP contribution in [0.1, 0.15) is 90.0 Å². The molecule has 328 valence electrons. The lowest BCUT2D eigenvalue weighted by Crippen LogP contribution is -2.15. The van der Waals surface area contributed by atoms with Crippen LogP contribution in [0, 0.1) is 0 Å². The molecule has 0 atom stereocenters. The summed E-state index contributed by atoms with van der Waals surface area (Å²) in [6.45, 7) is 15.1. The SMILES string of the molecule is CCCCCCCCCc1ccc(OCCOCCOCCOCCOCCOCCOCCOCCOCCOCCOCCOC(=O)CCCCC)cc1. The van der Waals surface area contributed by atoms with E-state index in [1.54, 1.807) is 0 Å². The van der Waals surface area contributed by atoms with Crippen molar-refractivity contribution in [3.8, 4) is 5.75 Å². The van der Waals surface area contributed by atoms with E-state index in [0.717, 1.165) is 31.4 Å². The van der Waals surface area contributed by atoms with Crippen molar-refractivity contribution in [2.45, 2.75) is 90.9 Å². The van der Waals surface area contributed by atoms with Gasteiger partial charge in [-0.05, 0) is 37.0 Å². The fourth-order valence-corrected chi connectivity index (χ4v) is 5.14. The fraction of sp³-hybridized carbons (Fsp3) is 0.837. The Bertz CT molecular complexity index is 922. The number of benzene rings is 1. The molecule has 0 saturated carbocycles. The molecule has 0 aromatic heterocycles. The Labute approximate surface area is 338 Å². The number of hydrogen-bond acceptors (Lipinski definition) is 13. The van der Waals surface area contributed by atoms with Crippen molar-refractivity contribution in [1.29, 1.82) is 0 Å². The van der Waals surface area contributed by atoms with Gasteiger partial charge in [0.2, 0.25) is 0 Å². The summed E-state index contributed by atoms with van der Waals surface area (Å²) in [5.41, 5.74) is 1.38. The Hall–Kier alpha value is -1.91. The van der Waals surface area contributed by atoms with E-state index in [4.69, 9.17) is 56.8 Å². The number of rotatable bonds is 46. The maximum absolute atomic E-state index is 11.5. The molecular weight excluding hydrogens is 724 g/mol. The highest BCUT2D eigenvalue weighted by Crippen LogP contribution is 2.15. The number of esters is 1. The lowest BCUT2D eigenvalue weighted by atomic mass is 10.0. The first-order valence-corrected chi connectivity index (χ1v) is 21.4. The summed E-state index contributed by atoms with van der Waals surface area (Å²) in [5, 5.41) is 0. The second-order valence-corrected chi connectivity index (χ2v) is 13.2. The molecule has 0 heterocycles. The second-order valence-electron chi connectivity index (χ2n) is 13.2. The average Bonchev–Trinajstić information content (AvgIpc) is 3.21. The maximum Gasteiger partial charge on any atom is 0.305 e. The summed E-state index contributed by atoms with van der Waals surface area (Å²) < 4.78 is 65.9. The van der Waals surface area contributed by atoms with Crippen LogP contribution in [0.15, 0.2) is 24.3 Å². The highest BCUT2D eigenvalue weighted by atomic mass is 16.6. The van der Waals surface area contributed by atoms with Gasteiger partial charge in [0, 0.05) is 6.42 Å². The molecule has 0 N–H and O–H groups in total. The molecule has 0 aliphatic heterocycles. The van der Waals surface area contributed by atoms with Crippen LogP contribution < -0.4 is 4.74 Å². The van der Waals surface area contributed by atoms with Gasteiger partial charge in [0.15, 0.2) is 0 Å². The van der Waals surface area contributed by atoms with E-state index in [-0.39, 0.29) is 12.6 Å². The first-order valence-electron chi connectivity index (χ1n) is 21.4. The van der Waals surface area contributed by atoms with Crippen LogP contribution in [0.2, 0.25) is 0 Å². The third kappa shape index (κ3) is 38.9.